The molecule has 1 aliphatic carbocycles. The molecular formula is C26H26N6O4. The van der Waals surface area contributed by atoms with Crippen molar-refractivity contribution >= 4 is 6.09 Å². The summed E-state index contributed by atoms with van der Waals surface area (Å²) in [4.78, 5) is 20.5. The van der Waals surface area contributed by atoms with Gasteiger partial charge in [-0.15, -0.1) is 4.80 Å². The highest BCUT2D eigenvalue weighted by Gasteiger charge is 2.32. The van der Waals surface area contributed by atoms with Gasteiger partial charge in [0.25, 0.3) is 5.95 Å². The van der Waals surface area contributed by atoms with Crippen molar-refractivity contribution < 1.29 is 19.4 Å². The quantitative estimate of drug-likeness (QED) is 0.377. The molecule has 0 bridgehead atoms. The van der Waals surface area contributed by atoms with Crippen LogP contribution in [0.3, 0.4) is 0 Å². The summed E-state index contributed by atoms with van der Waals surface area (Å²) in [6.45, 7) is 4.34. The molecule has 0 unspecified atom stereocenters. The first kappa shape index (κ1) is 23.3. The molecule has 2 aromatic carbocycles. The molecule has 5 rings (SSSR count). The molecule has 36 heavy (non-hydrogen) atoms. The summed E-state index contributed by atoms with van der Waals surface area (Å²) < 4.78 is 11.9. The molecule has 10 heteroatoms. The van der Waals surface area contributed by atoms with E-state index in [-0.39, 0.29) is 17.6 Å². The van der Waals surface area contributed by atoms with Gasteiger partial charge in [-0.2, -0.15) is 10.2 Å². The number of carboxylic acid groups (broad SMARTS) is 1. The van der Waals surface area contributed by atoms with Crippen LogP contribution in [0.2, 0.25) is 0 Å². The van der Waals surface area contributed by atoms with Gasteiger partial charge in [0.2, 0.25) is 0 Å². The van der Waals surface area contributed by atoms with E-state index in [1.54, 1.807) is 24.8 Å². The van der Waals surface area contributed by atoms with Crippen molar-refractivity contribution in [2.75, 3.05) is 0 Å². The zero-order chi connectivity index (χ0) is 25.1. The van der Waals surface area contributed by atoms with Crippen LogP contribution in [0.15, 0.2) is 73.3 Å². The summed E-state index contributed by atoms with van der Waals surface area (Å²) >= 11 is 0. The van der Waals surface area contributed by atoms with Crippen molar-refractivity contribution in [2.45, 2.75) is 44.2 Å². The maximum absolute atomic E-state index is 10.7. The molecule has 184 valence electrons. The Kier molecular flexibility index (Phi) is 6.24. The van der Waals surface area contributed by atoms with E-state index in [2.05, 4.69) is 51.5 Å². The number of nitrogens with zero attached hydrogens (tertiary/aromatic N) is 5. The number of benzene rings is 2. The van der Waals surface area contributed by atoms with E-state index < -0.39 is 6.09 Å². The molecule has 0 atom stereocenters. The summed E-state index contributed by atoms with van der Waals surface area (Å²) in [7, 11) is 0. The molecule has 2 N–H and O–H groups in total. The number of ether oxygens (including phenoxy) is 2. The molecule has 10 nitrogen and oxygen atoms in total. The summed E-state index contributed by atoms with van der Waals surface area (Å²) in [6.07, 6.45) is 6.71. The van der Waals surface area contributed by atoms with Gasteiger partial charge in [-0.25, -0.2) is 14.8 Å². The highest BCUT2D eigenvalue weighted by molar-refractivity contribution is 5.65. The lowest BCUT2D eigenvalue weighted by atomic mass is 9.78. The van der Waals surface area contributed by atoms with Crippen LogP contribution < -0.4 is 14.8 Å². The van der Waals surface area contributed by atoms with Crippen molar-refractivity contribution in [1.29, 1.82) is 0 Å². The van der Waals surface area contributed by atoms with Gasteiger partial charge in [0, 0.05) is 24.3 Å². The number of rotatable bonds is 8. The van der Waals surface area contributed by atoms with Gasteiger partial charge >= 0.3 is 6.09 Å². The Morgan fingerprint density at radius 2 is 1.47 bits per heavy atom. The summed E-state index contributed by atoms with van der Waals surface area (Å²) in [5, 5.41) is 19.3. The van der Waals surface area contributed by atoms with Gasteiger partial charge in [-0.05, 0) is 35.4 Å². The maximum atomic E-state index is 10.7. The van der Waals surface area contributed by atoms with E-state index in [1.807, 2.05) is 36.4 Å². The average Bonchev–Trinajstić information content (AvgIpc) is 3.39. The third-order valence-corrected chi connectivity index (χ3v) is 6.33. The van der Waals surface area contributed by atoms with E-state index in [9.17, 15) is 4.79 Å². The summed E-state index contributed by atoms with van der Waals surface area (Å²) in [5.41, 5.74) is 2.06. The fourth-order valence-corrected chi connectivity index (χ4v) is 4.12. The largest absolute Gasteiger partial charge is 0.490 e. The van der Waals surface area contributed by atoms with Crippen LogP contribution in [-0.2, 0) is 5.41 Å². The lowest BCUT2D eigenvalue weighted by molar-refractivity contribution is 0.0833. The molecule has 4 aromatic rings. The second-order valence-electron chi connectivity index (χ2n) is 9.17. The number of hydrogen-bond donors (Lipinski definition) is 2. The van der Waals surface area contributed by atoms with Gasteiger partial charge in [-0.1, -0.05) is 38.1 Å². The fraction of sp³-hybridized carbons (Fsp3) is 0.269. The second-order valence-corrected chi connectivity index (χ2v) is 9.17. The zero-order valence-corrected chi connectivity index (χ0v) is 19.9. The average molecular weight is 487 g/mol. The van der Waals surface area contributed by atoms with Crippen molar-refractivity contribution in [3.05, 3.63) is 84.4 Å². The van der Waals surface area contributed by atoms with E-state index in [4.69, 9.17) is 14.6 Å². The Balaban J connectivity index is 1.19. The Morgan fingerprint density at radius 3 is 2.03 bits per heavy atom. The van der Waals surface area contributed by atoms with Gasteiger partial charge < -0.3 is 19.9 Å². The maximum Gasteiger partial charge on any atom is 0.404 e. The van der Waals surface area contributed by atoms with E-state index >= 15 is 0 Å². The van der Waals surface area contributed by atoms with Crippen molar-refractivity contribution in [3.8, 4) is 23.2 Å². The summed E-state index contributed by atoms with van der Waals surface area (Å²) in [6, 6.07) is 16.0. The van der Waals surface area contributed by atoms with Crippen LogP contribution in [0, 0.1) is 0 Å². The molecular weight excluding hydrogens is 460 g/mol. The monoisotopic (exact) mass is 486 g/mol. The molecule has 0 aliphatic heterocycles. The van der Waals surface area contributed by atoms with Crippen molar-refractivity contribution in [3.63, 3.8) is 0 Å². The molecule has 1 saturated carbocycles. The third-order valence-electron chi connectivity index (χ3n) is 6.33. The lowest BCUT2D eigenvalue weighted by Crippen LogP contribution is -2.48. The summed E-state index contributed by atoms with van der Waals surface area (Å²) in [5.74, 6) is 2.36. The predicted molar refractivity (Wildman–Crippen MR) is 131 cm³/mol. The molecule has 1 fully saturated rings. The van der Waals surface area contributed by atoms with Gasteiger partial charge in [0.15, 0.2) is 5.75 Å². The number of amides is 1. The minimum atomic E-state index is -0.989. The molecule has 1 aliphatic rings. The first-order chi connectivity index (χ1) is 17.4. The normalized spacial score (nSPS) is 17.2. The molecule has 1 amide bonds. The van der Waals surface area contributed by atoms with Crippen LogP contribution in [-0.4, -0.2) is 48.3 Å². The Hall–Kier alpha value is -4.47. The Morgan fingerprint density at radius 1 is 0.917 bits per heavy atom. The minimum absolute atomic E-state index is 0.0241. The Bertz CT molecular complexity index is 1300. The first-order valence-corrected chi connectivity index (χ1v) is 11.6. The highest BCUT2D eigenvalue weighted by atomic mass is 16.5. The van der Waals surface area contributed by atoms with Crippen LogP contribution in [0.25, 0.3) is 5.95 Å². The topological polar surface area (TPSA) is 124 Å². The first-order valence-electron chi connectivity index (χ1n) is 11.6. The Labute approximate surface area is 207 Å². The highest BCUT2D eigenvalue weighted by Crippen LogP contribution is 2.34. The van der Waals surface area contributed by atoms with E-state index in [0.29, 0.717) is 30.3 Å². The van der Waals surface area contributed by atoms with E-state index in [1.165, 1.54) is 4.80 Å². The van der Waals surface area contributed by atoms with Crippen LogP contribution in [0.4, 0.5) is 4.79 Å². The SMILES string of the molecule is CC(C)(c1ccc(Oc2cnc(-n3nccn3)nc2)cc1)c1ccc(OC2CC(NC(=O)O)C2)cc1. The van der Waals surface area contributed by atoms with Crippen LogP contribution in [0.5, 0.6) is 17.2 Å². The second kappa shape index (κ2) is 9.65. The molecule has 0 radical (unpaired) electrons. The zero-order valence-electron chi connectivity index (χ0n) is 19.9. The van der Waals surface area contributed by atoms with Gasteiger partial charge in [0.1, 0.15) is 17.6 Å². The van der Waals surface area contributed by atoms with Crippen LogP contribution in [0.1, 0.15) is 37.8 Å². The van der Waals surface area contributed by atoms with Crippen molar-refractivity contribution in [2.24, 2.45) is 0 Å². The lowest BCUT2D eigenvalue weighted by Gasteiger charge is -2.35. The molecule has 2 aromatic heterocycles. The smallest absolute Gasteiger partial charge is 0.404 e. The molecule has 0 spiro atoms. The van der Waals surface area contributed by atoms with E-state index in [0.717, 1.165) is 16.9 Å². The molecule has 0 saturated heterocycles. The fourth-order valence-electron chi connectivity index (χ4n) is 4.12. The number of hydrogen-bond acceptors (Lipinski definition) is 7. The number of aromatic nitrogens is 5. The van der Waals surface area contributed by atoms with Gasteiger partial charge in [0.05, 0.1) is 24.8 Å². The van der Waals surface area contributed by atoms with Crippen molar-refractivity contribution in [1.82, 2.24) is 30.3 Å². The number of nitrogens with one attached hydrogen (secondary N) is 1. The third kappa shape index (κ3) is 5.12. The standard InChI is InChI=1S/C26H26N6O4/c1-26(2,17-3-7-20(8-4-17)35-22-13-19(14-22)31-25(33)34)18-5-9-21(10-6-18)36-23-15-27-24(28-16-23)32-29-11-12-30-32/h3-12,15-16,19,22,31H,13-14H2,1-2H3,(H,33,34). The number of carbonyl (C=O) groups is 1. The van der Waals surface area contributed by atoms with Crippen LogP contribution >= 0.6 is 0 Å². The van der Waals surface area contributed by atoms with Gasteiger partial charge in [-0.3, -0.25) is 0 Å². The predicted octanol–water partition coefficient (Wildman–Crippen LogP) is 4.35. The molecule has 2 heterocycles. The minimum Gasteiger partial charge on any atom is -0.490 e.